The molecule has 0 saturated heterocycles. The summed E-state index contributed by atoms with van der Waals surface area (Å²) in [6.07, 6.45) is 4.36. The van der Waals surface area contributed by atoms with Crippen LogP contribution in [0.2, 0.25) is 0 Å². The molecule has 0 bridgehead atoms. The standard InChI is InChI=1S/C12H23N3/c1-4-11(5-2)10-15-12(7-8-14-15)9-13-6-3/h7-8,11,13H,4-6,9-10H2,1-3H3. The smallest absolute Gasteiger partial charge is 0.0522 e. The van der Waals surface area contributed by atoms with Gasteiger partial charge in [0.1, 0.15) is 0 Å². The van der Waals surface area contributed by atoms with E-state index in [4.69, 9.17) is 0 Å². The first-order valence-corrected chi connectivity index (χ1v) is 6.03. The molecule has 3 nitrogen and oxygen atoms in total. The lowest BCUT2D eigenvalue weighted by Gasteiger charge is -2.14. The van der Waals surface area contributed by atoms with Crippen molar-refractivity contribution in [2.24, 2.45) is 5.92 Å². The summed E-state index contributed by atoms with van der Waals surface area (Å²) in [5.74, 6) is 0.755. The molecular weight excluding hydrogens is 186 g/mol. The summed E-state index contributed by atoms with van der Waals surface area (Å²) in [5.41, 5.74) is 1.30. The zero-order valence-corrected chi connectivity index (χ0v) is 10.2. The van der Waals surface area contributed by atoms with Crippen molar-refractivity contribution < 1.29 is 0 Å². The van der Waals surface area contributed by atoms with Crippen LogP contribution in [0.25, 0.3) is 0 Å². The van der Waals surface area contributed by atoms with Crippen LogP contribution in [-0.2, 0) is 13.1 Å². The first-order chi connectivity index (χ1) is 7.31. The molecule has 3 heteroatoms. The van der Waals surface area contributed by atoms with E-state index in [0.717, 1.165) is 25.6 Å². The van der Waals surface area contributed by atoms with E-state index in [9.17, 15) is 0 Å². The van der Waals surface area contributed by atoms with Crippen LogP contribution in [0.3, 0.4) is 0 Å². The first kappa shape index (κ1) is 12.2. The van der Waals surface area contributed by atoms with Gasteiger partial charge in [-0.15, -0.1) is 0 Å². The van der Waals surface area contributed by atoms with Gasteiger partial charge in [0.2, 0.25) is 0 Å². The second kappa shape index (κ2) is 6.62. The summed E-state index contributed by atoms with van der Waals surface area (Å²) in [4.78, 5) is 0. The maximum Gasteiger partial charge on any atom is 0.0522 e. The van der Waals surface area contributed by atoms with Crippen molar-refractivity contribution in [1.82, 2.24) is 15.1 Å². The molecule has 1 aromatic heterocycles. The third-order valence-electron chi connectivity index (χ3n) is 2.95. The Morgan fingerprint density at radius 2 is 2.07 bits per heavy atom. The molecule has 0 aliphatic carbocycles. The highest BCUT2D eigenvalue weighted by molar-refractivity contribution is 5.00. The molecule has 0 saturated carbocycles. The van der Waals surface area contributed by atoms with Gasteiger partial charge in [-0.3, -0.25) is 4.68 Å². The van der Waals surface area contributed by atoms with Crippen molar-refractivity contribution in [3.05, 3.63) is 18.0 Å². The minimum absolute atomic E-state index is 0.755. The molecule has 0 amide bonds. The second-order valence-corrected chi connectivity index (χ2v) is 3.97. The van der Waals surface area contributed by atoms with Gasteiger partial charge < -0.3 is 5.32 Å². The maximum absolute atomic E-state index is 4.38. The highest BCUT2D eigenvalue weighted by atomic mass is 15.3. The highest BCUT2D eigenvalue weighted by Gasteiger charge is 2.07. The molecule has 0 unspecified atom stereocenters. The lowest BCUT2D eigenvalue weighted by atomic mass is 10.0. The lowest BCUT2D eigenvalue weighted by molar-refractivity contribution is 0.385. The molecule has 1 rings (SSSR count). The molecular formula is C12H23N3. The molecule has 86 valence electrons. The van der Waals surface area contributed by atoms with Crippen LogP contribution in [0.15, 0.2) is 12.3 Å². The molecule has 0 aliphatic heterocycles. The molecule has 1 heterocycles. The predicted molar refractivity (Wildman–Crippen MR) is 63.7 cm³/mol. The summed E-state index contributed by atoms with van der Waals surface area (Å²) in [6, 6.07) is 2.10. The summed E-state index contributed by atoms with van der Waals surface area (Å²) in [7, 11) is 0. The summed E-state index contributed by atoms with van der Waals surface area (Å²) in [6.45, 7) is 9.62. The van der Waals surface area contributed by atoms with E-state index in [1.165, 1.54) is 18.5 Å². The van der Waals surface area contributed by atoms with E-state index >= 15 is 0 Å². The van der Waals surface area contributed by atoms with Crippen LogP contribution in [0.5, 0.6) is 0 Å². The first-order valence-electron chi connectivity index (χ1n) is 6.03. The van der Waals surface area contributed by atoms with E-state index in [-0.39, 0.29) is 0 Å². The highest BCUT2D eigenvalue weighted by Crippen LogP contribution is 2.11. The number of aromatic nitrogens is 2. The van der Waals surface area contributed by atoms with E-state index < -0.39 is 0 Å². The van der Waals surface area contributed by atoms with Gasteiger partial charge in [-0.25, -0.2) is 0 Å². The van der Waals surface area contributed by atoms with Crippen LogP contribution < -0.4 is 5.32 Å². The van der Waals surface area contributed by atoms with Gasteiger partial charge in [0.25, 0.3) is 0 Å². The van der Waals surface area contributed by atoms with Crippen LogP contribution >= 0.6 is 0 Å². The summed E-state index contributed by atoms with van der Waals surface area (Å²) >= 11 is 0. The largest absolute Gasteiger partial charge is 0.311 e. The minimum atomic E-state index is 0.755. The van der Waals surface area contributed by atoms with Crippen LogP contribution in [0, 0.1) is 5.92 Å². The number of rotatable bonds is 7. The van der Waals surface area contributed by atoms with Gasteiger partial charge in [0.05, 0.1) is 5.69 Å². The Balaban J connectivity index is 2.55. The third kappa shape index (κ3) is 3.67. The SMILES string of the molecule is CCNCc1ccnn1CC(CC)CC. The number of hydrogen-bond acceptors (Lipinski definition) is 2. The number of nitrogens with one attached hydrogen (secondary N) is 1. The molecule has 0 aromatic carbocycles. The van der Waals surface area contributed by atoms with E-state index in [2.05, 4.69) is 41.9 Å². The molecule has 0 radical (unpaired) electrons. The van der Waals surface area contributed by atoms with Gasteiger partial charge in [0, 0.05) is 19.3 Å². The fourth-order valence-corrected chi connectivity index (χ4v) is 1.72. The fraction of sp³-hybridized carbons (Fsp3) is 0.750. The number of hydrogen-bond donors (Lipinski definition) is 1. The quantitative estimate of drug-likeness (QED) is 0.747. The average molecular weight is 209 g/mol. The van der Waals surface area contributed by atoms with E-state index in [0.29, 0.717) is 0 Å². The van der Waals surface area contributed by atoms with Gasteiger partial charge >= 0.3 is 0 Å². The van der Waals surface area contributed by atoms with E-state index in [1.54, 1.807) is 0 Å². The topological polar surface area (TPSA) is 29.9 Å². The number of nitrogens with zero attached hydrogens (tertiary/aromatic N) is 2. The van der Waals surface area contributed by atoms with Crippen LogP contribution in [0.4, 0.5) is 0 Å². The molecule has 1 N–H and O–H groups in total. The Morgan fingerprint density at radius 3 is 2.67 bits per heavy atom. The Bertz CT molecular complexity index is 264. The van der Waals surface area contributed by atoms with Crippen molar-refractivity contribution in [1.29, 1.82) is 0 Å². The van der Waals surface area contributed by atoms with Gasteiger partial charge in [0.15, 0.2) is 0 Å². The van der Waals surface area contributed by atoms with E-state index in [1.807, 2.05) is 6.20 Å². The fourth-order valence-electron chi connectivity index (χ4n) is 1.72. The maximum atomic E-state index is 4.38. The Morgan fingerprint density at radius 1 is 1.33 bits per heavy atom. The van der Waals surface area contributed by atoms with Crippen molar-refractivity contribution in [2.45, 2.75) is 46.7 Å². The molecule has 0 spiro atoms. The second-order valence-electron chi connectivity index (χ2n) is 3.97. The normalized spacial score (nSPS) is 11.2. The monoisotopic (exact) mass is 209 g/mol. The van der Waals surface area contributed by atoms with Crippen molar-refractivity contribution in [2.75, 3.05) is 6.54 Å². The molecule has 15 heavy (non-hydrogen) atoms. The van der Waals surface area contributed by atoms with Crippen molar-refractivity contribution >= 4 is 0 Å². The molecule has 1 aromatic rings. The Labute approximate surface area is 92.9 Å². The molecule has 0 aliphatic rings. The van der Waals surface area contributed by atoms with Crippen LogP contribution in [-0.4, -0.2) is 16.3 Å². The molecule has 0 atom stereocenters. The molecule has 0 fully saturated rings. The average Bonchev–Trinajstić information content (AvgIpc) is 2.70. The Kier molecular flexibility index (Phi) is 5.40. The van der Waals surface area contributed by atoms with Crippen molar-refractivity contribution in [3.8, 4) is 0 Å². The summed E-state index contributed by atoms with van der Waals surface area (Å²) in [5, 5.41) is 7.72. The van der Waals surface area contributed by atoms with Crippen molar-refractivity contribution in [3.63, 3.8) is 0 Å². The van der Waals surface area contributed by atoms with Gasteiger partial charge in [-0.1, -0.05) is 33.6 Å². The zero-order chi connectivity index (χ0) is 11.1. The predicted octanol–water partition coefficient (Wildman–Crippen LogP) is 2.43. The zero-order valence-electron chi connectivity index (χ0n) is 10.2. The third-order valence-corrected chi connectivity index (χ3v) is 2.95. The van der Waals surface area contributed by atoms with Crippen LogP contribution in [0.1, 0.15) is 39.3 Å². The lowest BCUT2D eigenvalue weighted by Crippen LogP contribution is -2.18. The van der Waals surface area contributed by atoms with Gasteiger partial charge in [-0.05, 0) is 18.5 Å². The minimum Gasteiger partial charge on any atom is -0.311 e. The summed E-state index contributed by atoms with van der Waals surface area (Å²) < 4.78 is 2.14. The van der Waals surface area contributed by atoms with Gasteiger partial charge in [-0.2, -0.15) is 5.10 Å². The Hall–Kier alpha value is -0.830.